The van der Waals surface area contributed by atoms with Crippen LogP contribution in [0.15, 0.2) is 24.3 Å². The maximum Gasteiger partial charge on any atom is 0.254 e. The predicted octanol–water partition coefficient (Wildman–Crippen LogP) is 1.68. The molecule has 4 heteroatoms. The third kappa shape index (κ3) is 2.48. The van der Waals surface area contributed by atoms with E-state index in [4.69, 9.17) is 4.74 Å². The molecule has 0 saturated carbocycles. The number of ether oxygens (including phenoxy) is 1. The van der Waals surface area contributed by atoms with Crippen molar-refractivity contribution in [3.63, 3.8) is 0 Å². The summed E-state index contributed by atoms with van der Waals surface area (Å²) in [5.41, 5.74) is -0.0728. The molecule has 1 aromatic carbocycles. The van der Waals surface area contributed by atoms with Gasteiger partial charge in [0.25, 0.3) is 5.91 Å². The number of methoxy groups -OCH3 is 1. The van der Waals surface area contributed by atoms with Crippen LogP contribution in [0.25, 0.3) is 0 Å². The van der Waals surface area contributed by atoms with Gasteiger partial charge >= 0.3 is 0 Å². The number of hydrogen-bond acceptors (Lipinski definition) is 3. The first-order valence-electron chi connectivity index (χ1n) is 6.24. The highest BCUT2D eigenvalue weighted by molar-refractivity contribution is 5.95. The van der Waals surface area contributed by atoms with Gasteiger partial charge in [-0.3, -0.25) is 4.79 Å². The zero-order valence-corrected chi connectivity index (χ0v) is 10.8. The molecule has 0 atom stereocenters. The molecule has 0 unspecified atom stereocenters. The average Bonchev–Trinajstić information content (AvgIpc) is 2.35. The first-order chi connectivity index (χ1) is 8.58. The maximum absolute atomic E-state index is 12.1. The summed E-state index contributed by atoms with van der Waals surface area (Å²) in [6, 6.07) is 7.09. The fraction of sp³-hybridized carbons (Fsp3) is 0.500. The Morgan fingerprint density at radius 3 is 2.83 bits per heavy atom. The van der Waals surface area contributed by atoms with Gasteiger partial charge in [-0.2, -0.15) is 0 Å². The highest BCUT2D eigenvalue weighted by Crippen LogP contribution is 2.27. The van der Waals surface area contributed by atoms with E-state index in [-0.39, 0.29) is 5.91 Å². The van der Waals surface area contributed by atoms with Crippen molar-refractivity contribution in [3.8, 4) is 5.75 Å². The molecule has 1 amide bonds. The fourth-order valence-corrected chi connectivity index (χ4v) is 2.37. The van der Waals surface area contributed by atoms with E-state index < -0.39 is 5.60 Å². The average molecular weight is 249 g/mol. The third-order valence-corrected chi connectivity index (χ3v) is 3.29. The molecule has 1 aliphatic rings. The van der Waals surface area contributed by atoms with Gasteiger partial charge in [0.05, 0.1) is 25.8 Å². The number of β-amino-alcohol motifs (C(OH)–C–C–N with tert-alkyl or cyclic N) is 1. The number of carbonyl (C=O) groups excluding carboxylic acids is 1. The van der Waals surface area contributed by atoms with Crippen LogP contribution in [0, 0.1) is 0 Å². The van der Waals surface area contributed by atoms with E-state index in [2.05, 4.69) is 0 Å². The van der Waals surface area contributed by atoms with Gasteiger partial charge in [-0.1, -0.05) is 19.4 Å². The van der Waals surface area contributed by atoms with E-state index in [1.54, 1.807) is 36.3 Å². The Kier molecular flexibility index (Phi) is 3.57. The minimum absolute atomic E-state index is 0.0466. The molecule has 0 aromatic heterocycles. The highest BCUT2D eigenvalue weighted by atomic mass is 16.5. The largest absolute Gasteiger partial charge is 0.497 e. The lowest BCUT2D eigenvalue weighted by Gasteiger charge is -2.46. The van der Waals surface area contributed by atoms with E-state index in [0.717, 1.165) is 12.8 Å². The summed E-state index contributed by atoms with van der Waals surface area (Å²) in [4.78, 5) is 13.8. The van der Waals surface area contributed by atoms with Crippen LogP contribution in [0.4, 0.5) is 0 Å². The SMILES string of the molecule is CCCC1(O)CN(C(=O)c2cccc(OC)c2)C1. The molecule has 1 N–H and O–H groups in total. The number of hydrogen-bond donors (Lipinski definition) is 1. The number of rotatable bonds is 4. The molecule has 2 rings (SSSR count). The Hall–Kier alpha value is -1.55. The molecule has 0 aliphatic carbocycles. The van der Waals surface area contributed by atoms with Crippen LogP contribution in [0.5, 0.6) is 5.75 Å². The number of nitrogens with zero attached hydrogens (tertiary/aromatic N) is 1. The van der Waals surface area contributed by atoms with Crippen molar-refractivity contribution in [2.75, 3.05) is 20.2 Å². The van der Waals surface area contributed by atoms with Crippen molar-refractivity contribution in [2.24, 2.45) is 0 Å². The summed E-state index contributed by atoms with van der Waals surface area (Å²) >= 11 is 0. The van der Waals surface area contributed by atoms with Gasteiger partial charge in [0.15, 0.2) is 0 Å². The summed E-state index contributed by atoms with van der Waals surface area (Å²) < 4.78 is 5.10. The zero-order chi connectivity index (χ0) is 13.2. The van der Waals surface area contributed by atoms with E-state index in [9.17, 15) is 9.90 Å². The number of carbonyl (C=O) groups is 1. The third-order valence-electron chi connectivity index (χ3n) is 3.29. The normalized spacial score (nSPS) is 17.2. The molecule has 1 saturated heterocycles. The van der Waals surface area contributed by atoms with E-state index in [1.807, 2.05) is 6.92 Å². The first-order valence-corrected chi connectivity index (χ1v) is 6.24. The van der Waals surface area contributed by atoms with Gasteiger partial charge in [-0.15, -0.1) is 0 Å². The summed E-state index contributed by atoms with van der Waals surface area (Å²) in [5, 5.41) is 10.1. The topological polar surface area (TPSA) is 49.8 Å². The number of benzene rings is 1. The Balaban J connectivity index is 2.01. The van der Waals surface area contributed by atoms with E-state index in [0.29, 0.717) is 24.4 Å². The van der Waals surface area contributed by atoms with Crippen LogP contribution in [-0.4, -0.2) is 41.7 Å². The molecule has 0 radical (unpaired) electrons. The molecular formula is C14H19NO3. The Morgan fingerprint density at radius 2 is 2.22 bits per heavy atom. The second-order valence-electron chi connectivity index (χ2n) is 4.87. The van der Waals surface area contributed by atoms with Crippen molar-refractivity contribution in [1.29, 1.82) is 0 Å². The van der Waals surface area contributed by atoms with Gasteiger partial charge < -0.3 is 14.7 Å². The Morgan fingerprint density at radius 1 is 1.50 bits per heavy atom. The van der Waals surface area contributed by atoms with Crippen LogP contribution < -0.4 is 4.74 Å². The van der Waals surface area contributed by atoms with E-state index in [1.165, 1.54) is 0 Å². The number of amides is 1. The quantitative estimate of drug-likeness (QED) is 0.883. The van der Waals surface area contributed by atoms with Crippen LogP contribution in [0.1, 0.15) is 30.1 Å². The van der Waals surface area contributed by atoms with Gasteiger partial charge in [-0.25, -0.2) is 0 Å². The lowest BCUT2D eigenvalue weighted by Crippen LogP contribution is -2.63. The summed E-state index contributed by atoms with van der Waals surface area (Å²) in [6.07, 6.45) is 1.67. The van der Waals surface area contributed by atoms with Crippen LogP contribution >= 0.6 is 0 Å². The Bertz CT molecular complexity index is 438. The standard InChI is InChI=1S/C14H19NO3/c1-3-7-14(17)9-15(10-14)13(16)11-5-4-6-12(8-11)18-2/h4-6,8,17H,3,7,9-10H2,1-2H3. The molecule has 0 spiro atoms. The molecule has 4 nitrogen and oxygen atoms in total. The fourth-order valence-electron chi connectivity index (χ4n) is 2.37. The second kappa shape index (κ2) is 4.98. The lowest BCUT2D eigenvalue weighted by molar-refractivity contribution is -0.0860. The minimum atomic E-state index is -0.677. The van der Waals surface area contributed by atoms with Crippen LogP contribution in [0.2, 0.25) is 0 Å². The van der Waals surface area contributed by atoms with E-state index >= 15 is 0 Å². The molecular weight excluding hydrogens is 230 g/mol. The lowest BCUT2D eigenvalue weighted by atomic mass is 9.89. The first kappa shape index (κ1) is 12.9. The van der Waals surface area contributed by atoms with Crippen LogP contribution in [0.3, 0.4) is 0 Å². The Labute approximate surface area is 107 Å². The summed E-state index contributed by atoms with van der Waals surface area (Å²) in [7, 11) is 1.58. The smallest absolute Gasteiger partial charge is 0.254 e. The van der Waals surface area contributed by atoms with Crippen molar-refractivity contribution in [1.82, 2.24) is 4.90 Å². The van der Waals surface area contributed by atoms with Crippen molar-refractivity contribution in [2.45, 2.75) is 25.4 Å². The summed E-state index contributed by atoms with van der Waals surface area (Å²) in [6.45, 7) is 2.89. The molecule has 98 valence electrons. The van der Waals surface area contributed by atoms with Crippen LogP contribution in [-0.2, 0) is 0 Å². The summed E-state index contributed by atoms with van der Waals surface area (Å²) in [5.74, 6) is 0.625. The monoisotopic (exact) mass is 249 g/mol. The number of aliphatic hydroxyl groups is 1. The molecule has 0 bridgehead atoms. The molecule has 18 heavy (non-hydrogen) atoms. The van der Waals surface area contributed by atoms with Gasteiger partial charge in [-0.05, 0) is 24.6 Å². The predicted molar refractivity (Wildman–Crippen MR) is 68.8 cm³/mol. The van der Waals surface area contributed by atoms with Gasteiger partial charge in [0, 0.05) is 5.56 Å². The molecule has 1 fully saturated rings. The van der Waals surface area contributed by atoms with Crippen molar-refractivity contribution >= 4 is 5.91 Å². The second-order valence-corrected chi connectivity index (χ2v) is 4.87. The molecule has 1 aromatic rings. The number of likely N-dealkylation sites (tertiary alicyclic amines) is 1. The van der Waals surface area contributed by atoms with Crippen molar-refractivity contribution < 1.29 is 14.6 Å². The van der Waals surface area contributed by atoms with Crippen molar-refractivity contribution in [3.05, 3.63) is 29.8 Å². The van der Waals surface area contributed by atoms with Gasteiger partial charge in [0.1, 0.15) is 5.75 Å². The zero-order valence-electron chi connectivity index (χ0n) is 10.8. The molecule has 1 aliphatic heterocycles. The maximum atomic E-state index is 12.1. The molecule has 1 heterocycles. The highest BCUT2D eigenvalue weighted by Gasteiger charge is 2.42. The minimum Gasteiger partial charge on any atom is -0.497 e. The van der Waals surface area contributed by atoms with Gasteiger partial charge in [0.2, 0.25) is 0 Å².